The number of nitrogens with two attached hydrogens (primary N) is 1. The number of carbonyl (C=O) groups excluding carboxylic acids is 1. The summed E-state index contributed by atoms with van der Waals surface area (Å²) >= 11 is 7.56. The fraction of sp³-hybridized carbons (Fsp3) is 0. The highest BCUT2D eigenvalue weighted by Crippen LogP contribution is 2.33. The minimum absolute atomic E-state index is 0.141. The zero-order chi connectivity index (χ0) is 20.4. The van der Waals surface area contributed by atoms with E-state index in [2.05, 4.69) is 30.8 Å². The molecule has 0 aliphatic rings. The SMILES string of the molecule is N=C(/C=C\N)NC(=O)Nc1nc2[nH]nc(-n3cncc3-c3ccccc3Cl)c2s1. The summed E-state index contributed by atoms with van der Waals surface area (Å²) in [6, 6.07) is 6.85. The van der Waals surface area contributed by atoms with Gasteiger partial charge in [-0.3, -0.25) is 25.7 Å². The van der Waals surface area contributed by atoms with E-state index in [0.29, 0.717) is 21.6 Å². The van der Waals surface area contributed by atoms with Crippen LogP contribution in [-0.4, -0.2) is 36.6 Å². The molecule has 12 heteroatoms. The van der Waals surface area contributed by atoms with Crippen LogP contribution >= 0.6 is 22.9 Å². The van der Waals surface area contributed by atoms with Gasteiger partial charge >= 0.3 is 6.03 Å². The van der Waals surface area contributed by atoms with Crippen molar-refractivity contribution < 1.29 is 4.79 Å². The minimum atomic E-state index is -0.599. The summed E-state index contributed by atoms with van der Waals surface area (Å²) in [6.45, 7) is 0. The third-order valence-electron chi connectivity index (χ3n) is 3.85. The maximum Gasteiger partial charge on any atom is 0.326 e. The number of nitrogens with zero attached hydrogens (tertiary/aromatic N) is 4. The van der Waals surface area contributed by atoms with Gasteiger partial charge in [0.05, 0.1) is 11.9 Å². The van der Waals surface area contributed by atoms with E-state index in [1.165, 1.54) is 17.4 Å². The number of anilines is 1. The molecule has 2 amide bonds. The van der Waals surface area contributed by atoms with E-state index in [4.69, 9.17) is 22.7 Å². The van der Waals surface area contributed by atoms with Crippen molar-refractivity contribution in [1.29, 1.82) is 5.41 Å². The van der Waals surface area contributed by atoms with Crippen LogP contribution in [0, 0.1) is 5.41 Å². The molecule has 29 heavy (non-hydrogen) atoms. The number of aromatic amines is 1. The first-order valence-corrected chi connectivity index (χ1v) is 9.43. The van der Waals surface area contributed by atoms with Gasteiger partial charge in [-0.05, 0) is 18.3 Å². The summed E-state index contributed by atoms with van der Waals surface area (Å²) < 4.78 is 2.52. The van der Waals surface area contributed by atoms with Gasteiger partial charge in [-0.1, -0.05) is 41.1 Å². The number of aromatic nitrogens is 5. The zero-order valence-corrected chi connectivity index (χ0v) is 16.3. The first kappa shape index (κ1) is 18.7. The Bertz CT molecular complexity index is 1240. The molecular formula is C17H14ClN9OS. The average molecular weight is 428 g/mol. The molecular weight excluding hydrogens is 414 g/mol. The van der Waals surface area contributed by atoms with E-state index in [9.17, 15) is 4.79 Å². The summed E-state index contributed by atoms with van der Waals surface area (Å²) in [5.74, 6) is 0.439. The lowest BCUT2D eigenvalue weighted by molar-refractivity contribution is 0.256. The molecule has 4 rings (SSSR count). The second-order valence-corrected chi connectivity index (χ2v) is 7.13. The molecule has 6 N–H and O–H groups in total. The topological polar surface area (TPSA) is 150 Å². The van der Waals surface area contributed by atoms with Crippen molar-refractivity contribution in [3.8, 4) is 17.1 Å². The average Bonchev–Trinajstić information content (AvgIpc) is 3.37. The van der Waals surface area contributed by atoms with Crippen LogP contribution in [-0.2, 0) is 0 Å². The van der Waals surface area contributed by atoms with E-state index in [-0.39, 0.29) is 5.84 Å². The molecule has 0 atom stereocenters. The normalized spacial score (nSPS) is 11.2. The molecule has 0 spiro atoms. The number of imidazole rings is 1. The second kappa shape index (κ2) is 7.73. The molecule has 0 bridgehead atoms. The second-order valence-electron chi connectivity index (χ2n) is 5.72. The van der Waals surface area contributed by atoms with Crippen LogP contribution in [0.4, 0.5) is 9.93 Å². The predicted octanol–water partition coefficient (Wildman–Crippen LogP) is 3.10. The Kier molecular flexibility index (Phi) is 4.97. The molecule has 146 valence electrons. The number of nitrogens with one attached hydrogen (secondary N) is 4. The number of halogens is 1. The number of hydrogen-bond donors (Lipinski definition) is 5. The Labute approximate surface area is 172 Å². The molecule has 0 unspecified atom stereocenters. The lowest BCUT2D eigenvalue weighted by Crippen LogP contribution is -2.32. The van der Waals surface area contributed by atoms with Gasteiger partial charge < -0.3 is 5.73 Å². The maximum absolute atomic E-state index is 12.0. The molecule has 10 nitrogen and oxygen atoms in total. The predicted molar refractivity (Wildman–Crippen MR) is 113 cm³/mol. The minimum Gasteiger partial charge on any atom is -0.404 e. The van der Waals surface area contributed by atoms with Crippen molar-refractivity contribution >= 4 is 50.3 Å². The molecule has 1 aromatic carbocycles. The number of hydrogen-bond acceptors (Lipinski definition) is 7. The highest BCUT2D eigenvalue weighted by molar-refractivity contribution is 7.22. The van der Waals surface area contributed by atoms with Gasteiger partial charge in [0, 0.05) is 10.6 Å². The molecule has 0 fully saturated rings. The van der Waals surface area contributed by atoms with Gasteiger partial charge in [-0.15, -0.1) is 0 Å². The summed E-state index contributed by atoms with van der Waals surface area (Å²) in [4.78, 5) is 20.5. The molecule has 0 saturated carbocycles. The Balaban J connectivity index is 1.65. The van der Waals surface area contributed by atoms with Crippen LogP contribution in [0.1, 0.15) is 0 Å². The number of urea groups is 1. The van der Waals surface area contributed by atoms with Crippen molar-refractivity contribution in [2.24, 2.45) is 5.73 Å². The van der Waals surface area contributed by atoms with Crippen molar-refractivity contribution in [2.75, 3.05) is 5.32 Å². The molecule has 0 saturated heterocycles. The largest absolute Gasteiger partial charge is 0.404 e. The molecule has 3 heterocycles. The van der Waals surface area contributed by atoms with E-state index < -0.39 is 6.03 Å². The van der Waals surface area contributed by atoms with Crippen LogP contribution in [0.2, 0.25) is 5.02 Å². The van der Waals surface area contributed by atoms with Crippen LogP contribution in [0.15, 0.2) is 49.1 Å². The fourth-order valence-electron chi connectivity index (χ4n) is 2.64. The van der Waals surface area contributed by atoms with Gasteiger partial charge in [0.25, 0.3) is 0 Å². The van der Waals surface area contributed by atoms with E-state index in [1.54, 1.807) is 23.2 Å². The van der Waals surface area contributed by atoms with Crippen LogP contribution < -0.4 is 16.4 Å². The van der Waals surface area contributed by atoms with Crippen molar-refractivity contribution in [3.63, 3.8) is 0 Å². The number of fused-ring (bicyclic) bond motifs is 1. The summed E-state index contributed by atoms with van der Waals surface area (Å²) in [7, 11) is 0. The van der Waals surface area contributed by atoms with Crippen LogP contribution in [0.3, 0.4) is 0 Å². The molecule has 3 aromatic heterocycles. The molecule has 0 aliphatic carbocycles. The summed E-state index contributed by atoms with van der Waals surface area (Å²) in [5.41, 5.74) is 7.29. The first-order chi connectivity index (χ1) is 14.1. The standard InChI is InChI=1S/C17H14ClN9OS/c18-10-4-2-1-3-9(10)11-7-21-8-27(11)15-13-14(25-26-15)23-17(29-13)24-16(28)22-12(20)5-6-19/h1-8H,19H2,(H4,20,22,23,24,25,26,28)/b6-5-. The van der Waals surface area contributed by atoms with Gasteiger partial charge in [0.2, 0.25) is 0 Å². The number of rotatable bonds is 4. The first-order valence-electron chi connectivity index (χ1n) is 8.24. The van der Waals surface area contributed by atoms with Gasteiger partial charge in [0.15, 0.2) is 16.6 Å². The quantitative estimate of drug-likeness (QED) is 0.250. The van der Waals surface area contributed by atoms with Crippen molar-refractivity contribution in [3.05, 3.63) is 54.1 Å². The fourth-order valence-corrected chi connectivity index (χ4v) is 3.77. The van der Waals surface area contributed by atoms with E-state index in [1.807, 2.05) is 18.2 Å². The molecule has 0 radical (unpaired) electrons. The Morgan fingerprint density at radius 2 is 2.21 bits per heavy atom. The third-order valence-corrected chi connectivity index (χ3v) is 5.14. The zero-order valence-electron chi connectivity index (χ0n) is 14.7. The third kappa shape index (κ3) is 3.68. The number of amides is 2. The van der Waals surface area contributed by atoms with Crippen LogP contribution in [0.5, 0.6) is 0 Å². The number of H-pyrrole nitrogens is 1. The maximum atomic E-state index is 12.0. The smallest absolute Gasteiger partial charge is 0.326 e. The summed E-state index contributed by atoms with van der Waals surface area (Å²) in [5, 5.41) is 20.5. The van der Waals surface area contributed by atoms with Crippen molar-refractivity contribution in [2.45, 2.75) is 0 Å². The Hall–Kier alpha value is -3.70. The Morgan fingerprint density at radius 3 is 3.00 bits per heavy atom. The molecule has 0 aliphatic heterocycles. The number of amidine groups is 1. The molecule has 4 aromatic rings. The van der Waals surface area contributed by atoms with Crippen molar-refractivity contribution in [1.82, 2.24) is 30.0 Å². The van der Waals surface area contributed by atoms with Crippen LogP contribution in [0.25, 0.3) is 27.4 Å². The lowest BCUT2D eigenvalue weighted by Gasteiger charge is -2.07. The highest BCUT2D eigenvalue weighted by Gasteiger charge is 2.18. The van der Waals surface area contributed by atoms with Gasteiger partial charge in [-0.2, -0.15) is 5.10 Å². The van der Waals surface area contributed by atoms with Gasteiger partial charge in [-0.25, -0.2) is 14.8 Å². The Morgan fingerprint density at radius 1 is 1.38 bits per heavy atom. The number of benzene rings is 1. The van der Waals surface area contributed by atoms with E-state index in [0.717, 1.165) is 22.2 Å². The van der Waals surface area contributed by atoms with Gasteiger partial charge in [0.1, 0.15) is 16.9 Å². The van der Waals surface area contributed by atoms with E-state index >= 15 is 0 Å². The summed E-state index contributed by atoms with van der Waals surface area (Å²) in [6.07, 6.45) is 5.75. The highest BCUT2D eigenvalue weighted by atomic mass is 35.5. The monoisotopic (exact) mass is 427 g/mol. The lowest BCUT2D eigenvalue weighted by atomic mass is 10.1. The number of thiazole rings is 1. The number of carbonyl (C=O) groups is 1.